The van der Waals surface area contributed by atoms with Gasteiger partial charge < -0.3 is 10.2 Å². The number of hydrogen-bond acceptors (Lipinski definition) is 3. The molecule has 1 heterocycles. The lowest BCUT2D eigenvalue weighted by molar-refractivity contribution is -0.131. The van der Waals surface area contributed by atoms with Crippen LogP contribution in [-0.4, -0.2) is 54.3 Å². The molecule has 0 aliphatic carbocycles. The van der Waals surface area contributed by atoms with E-state index in [1.807, 2.05) is 0 Å². The van der Waals surface area contributed by atoms with Crippen molar-refractivity contribution in [2.24, 2.45) is 0 Å². The topological polar surface area (TPSA) is 69.7 Å². The number of carbonyl (C=O) groups is 3. The molecule has 1 fully saturated rings. The molecule has 0 unspecified atom stereocenters. The molecule has 23 heavy (non-hydrogen) atoms. The lowest BCUT2D eigenvalue weighted by atomic mass is 10.1. The summed E-state index contributed by atoms with van der Waals surface area (Å²) in [5.41, 5.74) is 0.332. The Kier molecular flexibility index (Phi) is 5.20. The van der Waals surface area contributed by atoms with Crippen molar-refractivity contribution in [1.29, 1.82) is 0 Å². The molecule has 1 aromatic carbocycles. The quantitative estimate of drug-likeness (QED) is 0.823. The smallest absolute Gasteiger partial charge is 0.326 e. The summed E-state index contributed by atoms with van der Waals surface area (Å²) in [5.74, 6) is -1.22. The maximum Gasteiger partial charge on any atom is 0.326 e. The van der Waals surface area contributed by atoms with Crippen LogP contribution in [0.5, 0.6) is 0 Å². The third-order valence-corrected chi connectivity index (χ3v) is 4.16. The molecule has 1 atom stereocenters. The Balaban J connectivity index is 1.87. The number of imide groups is 1. The van der Waals surface area contributed by atoms with Gasteiger partial charge in [0.05, 0.1) is 6.42 Å². The molecule has 1 saturated heterocycles. The van der Waals surface area contributed by atoms with Crippen LogP contribution >= 0.6 is 11.6 Å². The van der Waals surface area contributed by atoms with E-state index in [2.05, 4.69) is 5.32 Å². The molecular formula is C15H17ClFN3O3. The molecule has 0 bridgehead atoms. The lowest BCUT2D eigenvalue weighted by Crippen LogP contribution is -2.38. The molecule has 124 valence electrons. The van der Waals surface area contributed by atoms with Crippen molar-refractivity contribution in [2.75, 3.05) is 20.6 Å². The van der Waals surface area contributed by atoms with Crippen LogP contribution in [0.4, 0.5) is 9.18 Å². The summed E-state index contributed by atoms with van der Waals surface area (Å²) in [6, 6.07) is 3.15. The van der Waals surface area contributed by atoms with Gasteiger partial charge in [-0.2, -0.15) is 0 Å². The molecule has 0 radical (unpaired) electrons. The normalized spacial score (nSPS) is 17.8. The van der Waals surface area contributed by atoms with Crippen LogP contribution in [-0.2, 0) is 16.0 Å². The zero-order chi connectivity index (χ0) is 17.1. The highest BCUT2D eigenvalue weighted by atomic mass is 35.5. The fraction of sp³-hybridized carbons (Fsp3) is 0.400. The van der Waals surface area contributed by atoms with Gasteiger partial charge in [0.25, 0.3) is 5.91 Å². The summed E-state index contributed by atoms with van der Waals surface area (Å²) >= 11 is 5.91. The Hall–Kier alpha value is -2.15. The average Bonchev–Trinajstić information content (AvgIpc) is 2.68. The van der Waals surface area contributed by atoms with E-state index in [9.17, 15) is 18.8 Å². The summed E-state index contributed by atoms with van der Waals surface area (Å²) < 4.78 is 13.6. The molecule has 1 aliphatic heterocycles. The van der Waals surface area contributed by atoms with E-state index in [4.69, 9.17) is 11.6 Å². The van der Waals surface area contributed by atoms with Crippen molar-refractivity contribution in [3.63, 3.8) is 0 Å². The van der Waals surface area contributed by atoms with Crippen molar-refractivity contribution in [3.8, 4) is 0 Å². The van der Waals surface area contributed by atoms with Crippen molar-refractivity contribution in [2.45, 2.75) is 18.9 Å². The van der Waals surface area contributed by atoms with Crippen LogP contribution in [0.2, 0.25) is 5.02 Å². The zero-order valence-electron chi connectivity index (χ0n) is 12.8. The summed E-state index contributed by atoms with van der Waals surface area (Å²) in [6.45, 7) is 0.188. The fourth-order valence-electron chi connectivity index (χ4n) is 2.42. The van der Waals surface area contributed by atoms with Gasteiger partial charge in [-0.15, -0.1) is 0 Å². The van der Waals surface area contributed by atoms with Crippen LogP contribution in [0.25, 0.3) is 0 Å². The molecule has 1 aromatic rings. The Morgan fingerprint density at radius 3 is 2.61 bits per heavy atom. The number of halogens is 2. The van der Waals surface area contributed by atoms with Crippen LogP contribution in [0.3, 0.4) is 0 Å². The largest absolute Gasteiger partial charge is 0.356 e. The fourth-order valence-corrected chi connectivity index (χ4v) is 2.68. The van der Waals surface area contributed by atoms with Gasteiger partial charge in [-0.3, -0.25) is 14.5 Å². The summed E-state index contributed by atoms with van der Waals surface area (Å²) in [6.07, 6.45) is 0.112. The molecule has 1 N–H and O–H groups in total. The molecule has 6 nitrogen and oxygen atoms in total. The first-order valence-electron chi connectivity index (χ1n) is 7.07. The highest BCUT2D eigenvalue weighted by Crippen LogP contribution is 2.19. The first kappa shape index (κ1) is 17.2. The number of nitrogens with one attached hydrogen (secondary N) is 1. The first-order valence-corrected chi connectivity index (χ1v) is 7.44. The maximum absolute atomic E-state index is 13.6. The van der Waals surface area contributed by atoms with Crippen molar-refractivity contribution in [3.05, 3.63) is 34.6 Å². The molecule has 8 heteroatoms. The Morgan fingerprint density at radius 2 is 2.04 bits per heavy atom. The number of hydrogen-bond donors (Lipinski definition) is 1. The van der Waals surface area contributed by atoms with Crippen molar-refractivity contribution >= 4 is 29.4 Å². The summed E-state index contributed by atoms with van der Waals surface area (Å²) in [5, 5.41) is 2.91. The van der Waals surface area contributed by atoms with Gasteiger partial charge in [-0.25, -0.2) is 9.18 Å². The Labute approximate surface area is 138 Å². The van der Waals surface area contributed by atoms with Gasteiger partial charge in [-0.1, -0.05) is 17.7 Å². The van der Waals surface area contributed by atoms with E-state index < -0.39 is 23.8 Å². The summed E-state index contributed by atoms with van der Waals surface area (Å²) in [4.78, 5) is 37.6. The second-order valence-electron chi connectivity index (χ2n) is 5.31. The minimum Gasteiger partial charge on any atom is -0.356 e. The minimum atomic E-state index is -0.801. The summed E-state index contributed by atoms with van der Waals surface area (Å²) in [7, 11) is 2.85. The number of carbonyl (C=O) groups excluding carboxylic acids is 3. The zero-order valence-corrected chi connectivity index (χ0v) is 13.6. The second-order valence-corrected chi connectivity index (χ2v) is 5.72. The van der Waals surface area contributed by atoms with Gasteiger partial charge in [-0.05, 0) is 18.6 Å². The number of rotatable bonds is 5. The van der Waals surface area contributed by atoms with Gasteiger partial charge in [0, 0.05) is 31.2 Å². The highest BCUT2D eigenvalue weighted by Gasteiger charge is 2.41. The van der Waals surface area contributed by atoms with Crippen LogP contribution in [0, 0.1) is 5.82 Å². The molecular weight excluding hydrogens is 325 g/mol. The van der Waals surface area contributed by atoms with E-state index >= 15 is 0 Å². The minimum absolute atomic E-state index is 0.129. The Bertz CT molecular complexity index is 633. The van der Waals surface area contributed by atoms with E-state index in [0.717, 1.165) is 4.90 Å². The maximum atomic E-state index is 13.6. The average molecular weight is 342 g/mol. The second kappa shape index (κ2) is 6.95. The molecule has 2 rings (SSSR count). The first-order chi connectivity index (χ1) is 10.8. The SMILES string of the molecule is CN1C(=O)[C@@H](CC(=O)NCCc2c(F)cccc2Cl)N(C)C1=O. The predicted molar refractivity (Wildman–Crippen MR) is 82.5 cm³/mol. The van der Waals surface area contributed by atoms with E-state index in [-0.39, 0.29) is 25.3 Å². The highest BCUT2D eigenvalue weighted by molar-refractivity contribution is 6.31. The molecule has 0 spiro atoms. The van der Waals surface area contributed by atoms with E-state index in [0.29, 0.717) is 10.6 Å². The van der Waals surface area contributed by atoms with Crippen LogP contribution in [0.1, 0.15) is 12.0 Å². The predicted octanol–water partition coefficient (Wildman–Crippen LogP) is 1.42. The molecule has 1 aliphatic rings. The van der Waals surface area contributed by atoms with Crippen molar-refractivity contribution in [1.82, 2.24) is 15.1 Å². The van der Waals surface area contributed by atoms with E-state index in [1.165, 1.54) is 31.1 Å². The van der Waals surface area contributed by atoms with Gasteiger partial charge in [0.2, 0.25) is 5.91 Å². The van der Waals surface area contributed by atoms with E-state index in [1.54, 1.807) is 6.07 Å². The molecule has 0 aromatic heterocycles. The van der Waals surface area contributed by atoms with Crippen LogP contribution in [0.15, 0.2) is 18.2 Å². The molecule has 4 amide bonds. The van der Waals surface area contributed by atoms with Crippen molar-refractivity contribution < 1.29 is 18.8 Å². The van der Waals surface area contributed by atoms with Gasteiger partial charge in [0.1, 0.15) is 11.9 Å². The number of likely N-dealkylation sites (N-methyl/N-ethyl adjacent to an activating group) is 2. The number of benzene rings is 1. The van der Waals surface area contributed by atoms with Crippen LogP contribution < -0.4 is 5.32 Å². The third-order valence-electron chi connectivity index (χ3n) is 3.81. The number of nitrogens with zero attached hydrogens (tertiary/aromatic N) is 2. The monoisotopic (exact) mass is 341 g/mol. The molecule has 0 saturated carbocycles. The standard InChI is InChI=1S/C15H17ClFN3O3/c1-19-12(14(22)20(2)15(19)23)8-13(21)18-7-6-9-10(16)4-3-5-11(9)17/h3-5,12H,6-8H2,1-2H3,(H,18,21)/t12-/m1/s1. The lowest BCUT2D eigenvalue weighted by Gasteiger charge is -2.15. The number of amides is 4. The Morgan fingerprint density at radius 1 is 1.35 bits per heavy atom. The number of urea groups is 1. The third kappa shape index (κ3) is 3.61. The van der Waals surface area contributed by atoms with Gasteiger partial charge >= 0.3 is 6.03 Å². The van der Waals surface area contributed by atoms with Gasteiger partial charge in [0.15, 0.2) is 0 Å².